The molecule has 0 bridgehead atoms. The quantitative estimate of drug-likeness (QED) is 0.519. The molecule has 1 aliphatic rings. The average Bonchev–Trinajstić information content (AvgIpc) is 3.17. The van der Waals surface area contributed by atoms with Gasteiger partial charge in [0.15, 0.2) is 0 Å². The number of carbonyl (C=O) groups is 2. The van der Waals surface area contributed by atoms with Gasteiger partial charge in [-0.25, -0.2) is 5.01 Å². The molecule has 0 fully saturated rings. The Morgan fingerprint density at radius 2 is 1.79 bits per heavy atom. The number of nitrogens with zero attached hydrogens (tertiary/aromatic N) is 3. The molecule has 1 amide bonds. The predicted molar refractivity (Wildman–Crippen MR) is 101 cm³/mol. The van der Waals surface area contributed by atoms with Gasteiger partial charge in [-0.3, -0.25) is 14.9 Å². The van der Waals surface area contributed by atoms with Crippen LogP contribution in [0.5, 0.6) is 5.75 Å². The molecule has 0 unspecified atom stereocenters. The van der Waals surface area contributed by atoms with Crippen molar-refractivity contribution in [3.8, 4) is 5.75 Å². The van der Waals surface area contributed by atoms with E-state index in [1.165, 1.54) is 17.1 Å². The number of carbonyl (C=O) groups excluding carboxylic acids is 2. The topological polar surface area (TPSA) is 125 Å². The van der Waals surface area contributed by atoms with Crippen LogP contribution in [0, 0.1) is 10.1 Å². The van der Waals surface area contributed by atoms with Crippen LogP contribution in [0.3, 0.4) is 0 Å². The number of carboxylic acid groups (broad SMARTS) is 1. The van der Waals surface area contributed by atoms with E-state index >= 15 is 0 Å². The molecule has 0 N–H and O–H groups in total. The van der Waals surface area contributed by atoms with E-state index in [1.54, 1.807) is 31.4 Å². The Kier molecular flexibility index (Phi) is 5.87. The summed E-state index contributed by atoms with van der Waals surface area (Å²) in [5, 5.41) is 27.3. The number of rotatable bonds is 7. The summed E-state index contributed by atoms with van der Waals surface area (Å²) >= 11 is 0. The summed E-state index contributed by atoms with van der Waals surface area (Å²) in [5.41, 5.74) is 2.06. The molecule has 9 nitrogen and oxygen atoms in total. The molecule has 0 saturated heterocycles. The molecular weight excluding hydrogens is 378 g/mol. The zero-order chi connectivity index (χ0) is 21.0. The summed E-state index contributed by atoms with van der Waals surface area (Å²) in [4.78, 5) is 33.7. The van der Waals surface area contributed by atoms with Crippen LogP contribution in [0.4, 0.5) is 5.69 Å². The van der Waals surface area contributed by atoms with Gasteiger partial charge in [0.2, 0.25) is 5.91 Å². The highest BCUT2D eigenvalue weighted by Gasteiger charge is 2.33. The van der Waals surface area contributed by atoms with E-state index in [4.69, 9.17) is 4.74 Å². The maximum atomic E-state index is 12.6. The predicted octanol–water partition coefficient (Wildman–Crippen LogP) is 1.81. The number of benzene rings is 2. The summed E-state index contributed by atoms with van der Waals surface area (Å²) in [5.74, 6) is -1.09. The first-order valence-corrected chi connectivity index (χ1v) is 8.87. The average molecular weight is 396 g/mol. The smallest absolute Gasteiger partial charge is 0.269 e. The third-order valence-electron chi connectivity index (χ3n) is 4.62. The molecule has 2 aromatic carbocycles. The maximum absolute atomic E-state index is 12.6. The molecule has 150 valence electrons. The van der Waals surface area contributed by atoms with E-state index in [1.807, 2.05) is 12.1 Å². The number of non-ortho nitro benzene ring substituents is 1. The van der Waals surface area contributed by atoms with E-state index in [2.05, 4.69) is 5.10 Å². The summed E-state index contributed by atoms with van der Waals surface area (Å²) in [6.45, 7) is 0. The normalized spacial score (nSPS) is 15.7. The molecule has 0 radical (unpaired) electrons. The fraction of sp³-hybridized carbons (Fsp3) is 0.250. The summed E-state index contributed by atoms with van der Waals surface area (Å²) in [6, 6.07) is 12.6. The van der Waals surface area contributed by atoms with Gasteiger partial charge in [-0.05, 0) is 41.8 Å². The first kappa shape index (κ1) is 20.0. The summed E-state index contributed by atoms with van der Waals surface area (Å²) < 4.78 is 5.15. The molecule has 0 aromatic heterocycles. The number of hydrazone groups is 1. The second kappa shape index (κ2) is 8.51. The Morgan fingerprint density at radius 3 is 2.34 bits per heavy atom. The molecule has 2 aromatic rings. The lowest BCUT2D eigenvalue weighted by atomic mass is 9.98. The number of methoxy groups -OCH3 is 1. The van der Waals surface area contributed by atoms with Crippen LogP contribution < -0.4 is 9.84 Å². The Morgan fingerprint density at radius 1 is 1.14 bits per heavy atom. The van der Waals surface area contributed by atoms with Gasteiger partial charge < -0.3 is 14.6 Å². The Bertz CT molecular complexity index is 953. The van der Waals surface area contributed by atoms with Crippen molar-refractivity contribution in [2.45, 2.75) is 25.3 Å². The molecular formula is C20H18N3O6-. The SMILES string of the molecule is COc1ccc(C2=NN(C(=O)CCC(=O)[O-])[C@@H](c3ccc([N+](=O)[O-])cc3)C2)cc1. The first-order valence-electron chi connectivity index (χ1n) is 8.87. The van der Waals surface area contributed by atoms with Gasteiger partial charge in [-0.2, -0.15) is 5.10 Å². The largest absolute Gasteiger partial charge is 0.550 e. The third-order valence-corrected chi connectivity index (χ3v) is 4.62. The van der Waals surface area contributed by atoms with Crippen molar-refractivity contribution in [3.63, 3.8) is 0 Å². The lowest BCUT2D eigenvalue weighted by Gasteiger charge is -2.22. The Hall–Kier alpha value is -3.75. The zero-order valence-corrected chi connectivity index (χ0v) is 15.6. The third kappa shape index (κ3) is 4.57. The van der Waals surface area contributed by atoms with Gasteiger partial charge in [0.05, 0.1) is 23.8 Å². The second-order valence-electron chi connectivity index (χ2n) is 6.45. The minimum absolute atomic E-state index is 0.0575. The van der Waals surface area contributed by atoms with Gasteiger partial charge in [0.25, 0.3) is 5.69 Å². The van der Waals surface area contributed by atoms with Crippen molar-refractivity contribution in [1.82, 2.24) is 5.01 Å². The fourth-order valence-corrected chi connectivity index (χ4v) is 3.10. The fourth-order valence-electron chi connectivity index (χ4n) is 3.10. The van der Waals surface area contributed by atoms with Crippen LogP contribution in [0.25, 0.3) is 0 Å². The number of hydrogen-bond donors (Lipinski definition) is 0. The van der Waals surface area contributed by atoms with Crippen LogP contribution in [0.2, 0.25) is 0 Å². The van der Waals surface area contributed by atoms with E-state index < -0.39 is 29.3 Å². The van der Waals surface area contributed by atoms with Crippen LogP contribution >= 0.6 is 0 Å². The molecule has 0 aliphatic carbocycles. The number of amides is 1. The molecule has 1 aliphatic heterocycles. The first-order chi connectivity index (χ1) is 13.9. The van der Waals surface area contributed by atoms with Crippen molar-refractivity contribution in [1.29, 1.82) is 0 Å². The van der Waals surface area contributed by atoms with Crippen LogP contribution in [-0.2, 0) is 9.59 Å². The zero-order valence-electron chi connectivity index (χ0n) is 15.6. The molecule has 9 heteroatoms. The molecule has 29 heavy (non-hydrogen) atoms. The molecule has 0 saturated carbocycles. The Labute approximate surface area is 166 Å². The van der Waals surface area contributed by atoms with Crippen molar-refractivity contribution in [2.75, 3.05) is 7.11 Å². The van der Waals surface area contributed by atoms with E-state index in [9.17, 15) is 24.8 Å². The standard InChI is InChI=1S/C20H19N3O6/c1-29-16-8-4-13(5-9-16)17-12-18(14-2-6-15(7-3-14)23(27)28)22(21-17)19(24)10-11-20(25)26/h2-9,18H,10-12H2,1H3,(H,25,26)/p-1/t18-/m1/s1. The van der Waals surface area contributed by atoms with Gasteiger partial charge in [0, 0.05) is 30.9 Å². The molecule has 3 rings (SSSR count). The number of nitro benzene ring substituents is 1. The Balaban J connectivity index is 1.89. The van der Waals surface area contributed by atoms with Crippen molar-refractivity contribution in [3.05, 3.63) is 69.8 Å². The highest BCUT2D eigenvalue weighted by atomic mass is 16.6. The van der Waals surface area contributed by atoms with E-state index in [0.29, 0.717) is 23.4 Å². The monoisotopic (exact) mass is 396 g/mol. The lowest BCUT2D eigenvalue weighted by molar-refractivity contribution is -0.384. The number of aliphatic carboxylic acids is 1. The minimum Gasteiger partial charge on any atom is -0.550 e. The molecule has 0 spiro atoms. The van der Waals surface area contributed by atoms with Gasteiger partial charge >= 0.3 is 0 Å². The number of hydrogen-bond acceptors (Lipinski definition) is 7. The number of carboxylic acids is 1. The summed E-state index contributed by atoms with van der Waals surface area (Å²) in [6.07, 6.45) is -0.262. The van der Waals surface area contributed by atoms with Crippen molar-refractivity contribution < 1.29 is 24.4 Å². The van der Waals surface area contributed by atoms with Crippen LogP contribution in [0.15, 0.2) is 53.6 Å². The second-order valence-corrected chi connectivity index (χ2v) is 6.45. The maximum Gasteiger partial charge on any atom is 0.269 e. The van der Waals surface area contributed by atoms with Crippen molar-refractivity contribution in [2.24, 2.45) is 5.10 Å². The van der Waals surface area contributed by atoms with E-state index in [0.717, 1.165) is 5.56 Å². The van der Waals surface area contributed by atoms with Gasteiger partial charge in [0.1, 0.15) is 5.75 Å². The van der Waals surface area contributed by atoms with Crippen molar-refractivity contribution >= 4 is 23.3 Å². The highest BCUT2D eigenvalue weighted by Crippen LogP contribution is 2.34. The van der Waals surface area contributed by atoms with Gasteiger partial charge in [-0.15, -0.1) is 0 Å². The van der Waals surface area contributed by atoms with Crippen LogP contribution in [0.1, 0.15) is 36.4 Å². The number of nitro groups is 1. The summed E-state index contributed by atoms with van der Waals surface area (Å²) in [7, 11) is 1.56. The minimum atomic E-state index is -1.32. The molecule has 1 heterocycles. The molecule has 1 atom stereocenters. The van der Waals surface area contributed by atoms with Crippen LogP contribution in [-0.4, -0.2) is 34.6 Å². The highest BCUT2D eigenvalue weighted by molar-refractivity contribution is 6.03. The lowest BCUT2D eigenvalue weighted by Crippen LogP contribution is -2.29. The number of ether oxygens (including phenoxy) is 1. The van der Waals surface area contributed by atoms with E-state index in [-0.39, 0.29) is 12.1 Å². The van der Waals surface area contributed by atoms with Gasteiger partial charge in [-0.1, -0.05) is 12.1 Å².